The Morgan fingerprint density at radius 1 is 1.64 bits per heavy atom. The Labute approximate surface area is 63.6 Å². The first-order valence-corrected chi connectivity index (χ1v) is 3.26. The molecule has 0 saturated carbocycles. The van der Waals surface area contributed by atoms with E-state index in [0.29, 0.717) is 18.2 Å². The number of carbonyl (C=O) groups is 1. The lowest BCUT2D eigenvalue weighted by atomic mass is 10.3. The summed E-state index contributed by atoms with van der Waals surface area (Å²) in [4.78, 5) is 10.3. The molecule has 1 heterocycles. The summed E-state index contributed by atoms with van der Waals surface area (Å²) in [5.41, 5.74) is 4.92. The molecular formula is C6H9N3O2. The van der Waals surface area contributed by atoms with Gasteiger partial charge in [0.05, 0.1) is 0 Å². The zero-order valence-electron chi connectivity index (χ0n) is 6.20. The van der Waals surface area contributed by atoms with E-state index in [-0.39, 0.29) is 12.3 Å². The van der Waals surface area contributed by atoms with Gasteiger partial charge in [-0.3, -0.25) is 4.79 Å². The average molecular weight is 155 g/mol. The Morgan fingerprint density at radius 3 is 2.82 bits per heavy atom. The Hall–Kier alpha value is -1.39. The largest absolute Gasteiger partial charge is 0.426 e. The maximum atomic E-state index is 10.3. The average Bonchev–Trinajstić information content (AvgIpc) is 2.31. The van der Waals surface area contributed by atoms with Crippen LogP contribution in [0.4, 0.5) is 0 Å². The Kier molecular flexibility index (Phi) is 2.20. The number of amides is 1. The van der Waals surface area contributed by atoms with Gasteiger partial charge in [-0.25, -0.2) is 0 Å². The molecule has 0 fully saturated rings. The molecule has 0 aliphatic carbocycles. The smallest absolute Gasteiger partial charge is 0.217 e. The SMILES string of the molecule is Cc1nnc(CCC(N)=O)o1. The third kappa shape index (κ3) is 2.37. The second-order valence-electron chi connectivity index (χ2n) is 2.18. The van der Waals surface area contributed by atoms with Gasteiger partial charge in [-0.2, -0.15) is 0 Å². The van der Waals surface area contributed by atoms with Crippen LogP contribution in [0.5, 0.6) is 0 Å². The van der Waals surface area contributed by atoms with Crippen molar-refractivity contribution in [2.45, 2.75) is 19.8 Å². The van der Waals surface area contributed by atoms with Gasteiger partial charge in [-0.05, 0) is 0 Å². The summed E-state index contributed by atoms with van der Waals surface area (Å²) < 4.78 is 5.00. The minimum Gasteiger partial charge on any atom is -0.426 e. The van der Waals surface area contributed by atoms with Gasteiger partial charge in [0.2, 0.25) is 17.7 Å². The van der Waals surface area contributed by atoms with Crippen LogP contribution in [0.25, 0.3) is 0 Å². The van der Waals surface area contributed by atoms with Crippen molar-refractivity contribution in [3.8, 4) is 0 Å². The standard InChI is InChI=1S/C6H9N3O2/c1-4-8-9-6(11-4)3-2-5(7)10/h2-3H2,1H3,(H2,7,10). The molecule has 0 radical (unpaired) electrons. The fourth-order valence-corrected chi connectivity index (χ4v) is 0.669. The molecule has 0 spiro atoms. The van der Waals surface area contributed by atoms with Crippen molar-refractivity contribution in [3.63, 3.8) is 0 Å². The van der Waals surface area contributed by atoms with Crippen molar-refractivity contribution in [1.29, 1.82) is 0 Å². The lowest BCUT2D eigenvalue weighted by molar-refractivity contribution is -0.118. The summed E-state index contributed by atoms with van der Waals surface area (Å²) in [6, 6.07) is 0. The quantitative estimate of drug-likeness (QED) is 0.655. The lowest BCUT2D eigenvalue weighted by Gasteiger charge is -1.88. The molecule has 0 aromatic carbocycles. The lowest BCUT2D eigenvalue weighted by Crippen LogP contribution is -2.11. The summed E-state index contributed by atoms with van der Waals surface area (Å²) in [5, 5.41) is 7.29. The first-order chi connectivity index (χ1) is 5.18. The highest BCUT2D eigenvalue weighted by atomic mass is 16.4. The fraction of sp³-hybridized carbons (Fsp3) is 0.500. The Bertz CT molecular complexity index is 256. The third-order valence-electron chi connectivity index (χ3n) is 1.15. The molecular weight excluding hydrogens is 146 g/mol. The number of hydrogen-bond donors (Lipinski definition) is 1. The van der Waals surface area contributed by atoms with Crippen molar-refractivity contribution in [2.24, 2.45) is 5.73 Å². The van der Waals surface area contributed by atoms with Gasteiger partial charge in [0.1, 0.15) is 0 Å². The number of nitrogens with zero attached hydrogens (tertiary/aromatic N) is 2. The van der Waals surface area contributed by atoms with Crippen molar-refractivity contribution in [1.82, 2.24) is 10.2 Å². The zero-order valence-corrected chi connectivity index (χ0v) is 6.20. The van der Waals surface area contributed by atoms with Crippen molar-refractivity contribution >= 4 is 5.91 Å². The van der Waals surface area contributed by atoms with Crippen LogP contribution in [0.3, 0.4) is 0 Å². The van der Waals surface area contributed by atoms with E-state index in [1.807, 2.05) is 0 Å². The van der Waals surface area contributed by atoms with Crippen molar-refractivity contribution < 1.29 is 9.21 Å². The van der Waals surface area contributed by atoms with Crippen LogP contribution in [0.15, 0.2) is 4.42 Å². The number of hydrogen-bond acceptors (Lipinski definition) is 4. The predicted molar refractivity (Wildman–Crippen MR) is 36.6 cm³/mol. The van der Waals surface area contributed by atoms with E-state index in [1.165, 1.54) is 0 Å². The third-order valence-corrected chi connectivity index (χ3v) is 1.15. The summed E-state index contributed by atoms with van der Waals surface area (Å²) >= 11 is 0. The summed E-state index contributed by atoms with van der Waals surface area (Å²) in [7, 11) is 0. The van der Waals surface area contributed by atoms with Crippen molar-refractivity contribution in [3.05, 3.63) is 11.8 Å². The molecule has 11 heavy (non-hydrogen) atoms. The van der Waals surface area contributed by atoms with E-state index >= 15 is 0 Å². The molecule has 0 atom stereocenters. The first-order valence-electron chi connectivity index (χ1n) is 3.26. The van der Waals surface area contributed by atoms with Crippen LogP contribution >= 0.6 is 0 Å². The van der Waals surface area contributed by atoms with Crippen LogP contribution in [0, 0.1) is 6.92 Å². The van der Waals surface area contributed by atoms with Crippen LogP contribution in [0.2, 0.25) is 0 Å². The minimum atomic E-state index is -0.360. The van der Waals surface area contributed by atoms with E-state index in [0.717, 1.165) is 0 Å². The molecule has 1 aromatic rings. The molecule has 2 N–H and O–H groups in total. The molecule has 0 aliphatic heterocycles. The van der Waals surface area contributed by atoms with E-state index in [4.69, 9.17) is 10.2 Å². The molecule has 5 heteroatoms. The maximum absolute atomic E-state index is 10.3. The van der Waals surface area contributed by atoms with Gasteiger partial charge < -0.3 is 10.2 Å². The molecule has 0 unspecified atom stereocenters. The van der Waals surface area contributed by atoms with E-state index in [9.17, 15) is 4.79 Å². The van der Waals surface area contributed by atoms with Gasteiger partial charge in [0, 0.05) is 19.8 Å². The number of primary amides is 1. The molecule has 1 aromatic heterocycles. The fourth-order valence-electron chi connectivity index (χ4n) is 0.669. The normalized spacial score (nSPS) is 9.91. The van der Waals surface area contributed by atoms with Gasteiger partial charge in [-0.1, -0.05) is 0 Å². The number of aromatic nitrogens is 2. The predicted octanol–water partition coefficient (Wildman–Crippen LogP) is -0.204. The second-order valence-corrected chi connectivity index (χ2v) is 2.18. The molecule has 0 bridgehead atoms. The van der Waals surface area contributed by atoms with Gasteiger partial charge in [0.25, 0.3) is 0 Å². The molecule has 1 rings (SSSR count). The zero-order chi connectivity index (χ0) is 8.27. The minimum absolute atomic E-state index is 0.252. The first kappa shape index (κ1) is 7.71. The van der Waals surface area contributed by atoms with E-state index in [1.54, 1.807) is 6.92 Å². The molecule has 5 nitrogen and oxygen atoms in total. The van der Waals surface area contributed by atoms with Gasteiger partial charge in [-0.15, -0.1) is 10.2 Å². The van der Waals surface area contributed by atoms with Crippen LogP contribution in [-0.4, -0.2) is 16.1 Å². The highest BCUT2D eigenvalue weighted by molar-refractivity contribution is 5.73. The monoisotopic (exact) mass is 155 g/mol. The molecule has 60 valence electrons. The summed E-state index contributed by atoms with van der Waals surface area (Å²) in [6.45, 7) is 1.70. The van der Waals surface area contributed by atoms with E-state index < -0.39 is 0 Å². The van der Waals surface area contributed by atoms with Crippen LogP contribution in [0.1, 0.15) is 18.2 Å². The molecule has 1 amide bonds. The number of nitrogens with two attached hydrogens (primary N) is 1. The number of rotatable bonds is 3. The second kappa shape index (κ2) is 3.14. The molecule has 0 aliphatic rings. The summed E-state index contributed by atoms with van der Waals surface area (Å²) in [5.74, 6) is 0.603. The summed E-state index contributed by atoms with van der Waals surface area (Å²) in [6.07, 6.45) is 0.678. The highest BCUT2D eigenvalue weighted by Crippen LogP contribution is 2.00. The number of aryl methyl sites for hydroxylation is 2. The van der Waals surface area contributed by atoms with E-state index in [2.05, 4.69) is 10.2 Å². The highest BCUT2D eigenvalue weighted by Gasteiger charge is 2.03. The maximum Gasteiger partial charge on any atom is 0.217 e. The molecule has 0 saturated heterocycles. The van der Waals surface area contributed by atoms with Crippen molar-refractivity contribution in [2.75, 3.05) is 0 Å². The van der Waals surface area contributed by atoms with Gasteiger partial charge in [0.15, 0.2) is 0 Å². The van der Waals surface area contributed by atoms with Crippen LogP contribution in [-0.2, 0) is 11.2 Å². The van der Waals surface area contributed by atoms with Crippen LogP contribution < -0.4 is 5.73 Å². The Morgan fingerprint density at radius 2 is 2.36 bits per heavy atom. The van der Waals surface area contributed by atoms with Gasteiger partial charge >= 0.3 is 0 Å². The topological polar surface area (TPSA) is 82.0 Å². The Balaban J connectivity index is 2.45. The number of carbonyl (C=O) groups excluding carboxylic acids is 1.